The van der Waals surface area contributed by atoms with Crippen LogP contribution in [0.5, 0.6) is 5.75 Å². The van der Waals surface area contributed by atoms with Gasteiger partial charge in [-0.3, -0.25) is 0 Å². The van der Waals surface area contributed by atoms with Gasteiger partial charge in [0.15, 0.2) is 0 Å². The maximum atomic E-state index is 12.1. The molecule has 1 aliphatic rings. The zero-order chi connectivity index (χ0) is 14.6. The largest absolute Gasteiger partial charge is 0.493 e. The highest BCUT2D eigenvalue weighted by Crippen LogP contribution is 2.31. The Balaban J connectivity index is 1.88. The number of alkyl halides is 3. The minimum Gasteiger partial charge on any atom is -0.493 e. The lowest BCUT2D eigenvalue weighted by atomic mass is 10.0. The number of hydrogen-bond acceptors (Lipinski definition) is 3. The summed E-state index contributed by atoms with van der Waals surface area (Å²) in [7, 11) is 0. The predicted octanol–water partition coefficient (Wildman–Crippen LogP) is 3.92. The fraction of sp³-hybridized carbons (Fsp3) is 0.571. The summed E-state index contributed by atoms with van der Waals surface area (Å²) in [6.45, 7) is 3.08. The molecular weight excluding hydrogens is 287 g/mol. The van der Waals surface area contributed by atoms with Gasteiger partial charge in [-0.2, -0.15) is 13.2 Å². The number of halogens is 3. The number of fused-ring (bicyclic) bond motifs is 1. The molecule has 112 valence electrons. The van der Waals surface area contributed by atoms with Crippen molar-refractivity contribution < 1.29 is 17.9 Å². The summed E-state index contributed by atoms with van der Waals surface area (Å²) in [6.07, 6.45) is 1.75. The molecule has 1 atom stereocenters. The Morgan fingerprint density at radius 1 is 1.40 bits per heavy atom. The molecule has 1 aromatic carbocycles. The van der Waals surface area contributed by atoms with E-state index >= 15 is 0 Å². The molecular formula is C14H18F3NOS. The van der Waals surface area contributed by atoms with Crippen LogP contribution in [-0.2, 0) is 6.42 Å². The molecule has 1 aromatic rings. The first-order valence-corrected chi connectivity index (χ1v) is 7.68. The first-order valence-electron chi connectivity index (χ1n) is 6.69. The van der Waals surface area contributed by atoms with Crippen molar-refractivity contribution in [3.63, 3.8) is 0 Å². The summed E-state index contributed by atoms with van der Waals surface area (Å²) < 4.78 is 41.6. The van der Waals surface area contributed by atoms with Gasteiger partial charge in [0, 0.05) is 24.8 Å². The summed E-state index contributed by atoms with van der Waals surface area (Å²) in [6, 6.07) is 6.13. The Morgan fingerprint density at radius 3 is 2.90 bits per heavy atom. The number of rotatable bonds is 6. The van der Waals surface area contributed by atoms with E-state index in [1.54, 1.807) is 0 Å². The average Bonchev–Trinajstić information content (AvgIpc) is 2.84. The van der Waals surface area contributed by atoms with E-state index in [1.807, 2.05) is 19.1 Å². The van der Waals surface area contributed by atoms with Crippen LogP contribution >= 0.6 is 11.8 Å². The lowest BCUT2D eigenvalue weighted by Crippen LogP contribution is -2.24. The quantitative estimate of drug-likeness (QED) is 0.805. The number of ether oxygens (including phenoxy) is 1. The number of benzene rings is 1. The summed E-state index contributed by atoms with van der Waals surface area (Å²) in [5.41, 5.74) is -1.84. The lowest BCUT2D eigenvalue weighted by molar-refractivity contribution is -0.0327. The minimum absolute atomic E-state index is 0.0188. The van der Waals surface area contributed by atoms with Crippen LogP contribution in [-0.4, -0.2) is 24.4 Å². The van der Waals surface area contributed by atoms with E-state index in [4.69, 9.17) is 4.74 Å². The zero-order valence-electron chi connectivity index (χ0n) is 11.3. The Bertz CT molecular complexity index is 451. The summed E-state index contributed by atoms with van der Waals surface area (Å²) in [5, 5.41) is 3.19. The maximum Gasteiger partial charge on any atom is 0.441 e. The molecule has 0 fully saturated rings. The van der Waals surface area contributed by atoms with Gasteiger partial charge in [0.2, 0.25) is 0 Å². The second kappa shape index (κ2) is 6.72. The molecule has 1 unspecified atom stereocenters. The Hall–Kier alpha value is -0.880. The van der Waals surface area contributed by atoms with Gasteiger partial charge in [0.25, 0.3) is 0 Å². The predicted molar refractivity (Wildman–Crippen MR) is 75.2 cm³/mol. The molecule has 2 rings (SSSR count). The molecule has 1 aliphatic heterocycles. The fourth-order valence-corrected chi connectivity index (χ4v) is 2.77. The van der Waals surface area contributed by atoms with Gasteiger partial charge < -0.3 is 10.1 Å². The highest BCUT2D eigenvalue weighted by atomic mass is 32.2. The van der Waals surface area contributed by atoms with E-state index in [0.29, 0.717) is 13.2 Å². The van der Waals surface area contributed by atoms with E-state index in [2.05, 4.69) is 11.4 Å². The van der Waals surface area contributed by atoms with Crippen LogP contribution in [0.25, 0.3) is 0 Å². The lowest BCUT2D eigenvalue weighted by Gasteiger charge is -2.18. The molecule has 1 heterocycles. The Kier molecular flexibility index (Phi) is 5.21. The Labute approximate surface area is 121 Å². The average molecular weight is 305 g/mol. The molecule has 20 heavy (non-hydrogen) atoms. The molecule has 6 heteroatoms. The summed E-state index contributed by atoms with van der Waals surface area (Å²) >= 11 is 0.0188. The molecule has 0 amide bonds. The maximum absolute atomic E-state index is 12.1. The number of hydrogen-bond donors (Lipinski definition) is 1. The van der Waals surface area contributed by atoms with Gasteiger partial charge in [-0.05, 0) is 35.4 Å². The normalized spacial score (nSPS) is 15.8. The molecule has 0 bridgehead atoms. The first-order chi connectivity index (χ1) is 9.49. The third-order valence-electron chi connectivity index (χ3n) is 3.28. The molecule has 1 N–H and O–H groups in total. The van der Waals surface area contributed by atoms with Crippen molar-refractivity contribution in [2.75, 3.05) is 18.9 Å². The van der Waals surface area contributed by atoms with Crippen LogP contribution in [0.1, 0.15) is 30.5 Å². The third kappa shape index (κ3) is 4.31. The smallest absolute Gasteiger partial charge is 0.441 e. The molecule has 0 aromatic heterocycles. The standard InChI is InChI=1S/C14H18F3NOS/c1-2-12(18-6-8-20-14(15,16)17)10-3-4-13-11(9-10)5-7-19-13/h3-4,9,12,18H,2,5-8H2,1H3. The second-order valence-corrected chi connectivity index (χ2v) is 5.83. The van der Waals surface area contributed by atoms with Crippen molar-refractivity contribution in [1.82, 2.24) is 5.32 Å². The van der Waals surface area contributed by atoms with Crippen molar-refractivity contribution >= 4 is 11.8 Å². The van der Waals surface area contributed by atoms with Gasteiger partial charge in [-0.25, -0.2) is 0 Å². The molecule has 2 nitrogen and oxygen atoms in total. The third-order valence-corrected chi connectivity index (χ3v) is 4.02. The van der Waals surface area contributed by atoms with Gasteiger partial charge in [-0.1, -0.05) is 19.1 Å². The van der Waals surface area contributed by atoms with Gasteiger partial charge in [-0.15, -0.1) is 0 Å². The van der Waals surface area contributed by atoms with Gasteiger partial charge in [0.1, 0.15) is 5.75 Å². The van der Waals surface area contributed by atoms with Crippen LogP contribution in [0.4, 0.5) is 13.2 Å². The van der Waals surface area contributed by atoms with Crippen molar-refractivity contribution in [1.29, 1.82) is 0 Å². The highest BCUT2D eigenvalue weighted by Gasteiger charge is 2.27. The van der Waals surface area contributed by atoms with Crippen LogP contribution in [0.2, 0.25) is 0 Å². The van der Waals surface area contributed by atoms with E-state index < -0.39 is 5.51 Å². The number of nitrogens with one attached hydrogen (secondary N) is 1. The SMILES string of the molecule is CCC(NCCSC(F)(F)F)c1ccc2c(c1)CCO2. The molecule has 0 aliphatic carbocycles. The fourth-order valence-electron chi connectivity index (χ4n) is 2.32. The van der Waals surface area contributed by atoms with Crippen LogP contribution < -0.4 is 10.1 Å². The molecule has 0 saturated carbocycles. The minimum atomic E-state index is -4.14. The highest BCUT2D eigenvalue weighted by molar-refractivity contribution is 8.00. The summed E-state index contributed by atoms with van der Waals surface area (Å²) in [5.74, 6) is 0.963. The van der Waals surface area contributed by atoms with E-state index in [9.17, 15) is 13.2 Å². The topological polar surface area (TPSA) is 21.3 Å². The van der Waals surface area contributed by atoms with Gasteiger partial charge >= 0.3 is 5.51 Å². The zero-order valence-corrected chi connectivity index (χ0v) is 12.1. The summed E-state index contributed by atoms with van der Waals surface area (Å²) in [4.78, 5) is 0. The van der Waals surface area contributed by atoms with E-state index in [1.165, 1.54) is 5.56 Å². The second-order valence-electron chi connectivity index (χ2n) is 4.67. The van der Waals surface area contributed by atoms with Crippen molar-refractivity contribution in [3.05, 3.63) is 29.3 Å². The number of thioether (sulfide) groups is 1. The van der Waals surface area contributed by atoms with Crippen LogP contribution in [0.15, 0.2) is 18.2 Å². The first kappa shape index (κ1) is 15.5. The van der Waals surface area contributed by atoms with Gasteiger partial charge in [0.05, 0.1) is 6.61 Å². The van der Waals surface area contributed by atoms with Crippen molar-refractivity contribution in [3.8, 4) is 5.75 Å². The van der Waals surface area contributed by atoms with Crippen molar-refractivity contribution in [2.24, 2.45) is 0 Å². The monoisotopic (exact) mass is 305 g/mol. The Morgan fingerprint density at radius 2 is 2.20 bits per heavy atom. The van der Waals surface area contributed by atoms with E-state index in [-0.39, 0.29) is 23.6 Å². The molecule has 0 saturated heterocycles. The van der Waals surface area contributed by atoms with E-state index in [0.717, 1.165) is 24.2 Å². The van der Waals surface area contributed by atoms with Crippen molar-refractivity contribution in [2.45, 2.75) is 31.3 Å². The van der Waals surface area contributed by atoms with Crippen LogP contribution in [0.3, 0.4) is 0 Å². The molecule has 0 spiro atoms. The van der Waals surface area contributed by atoms with Crippen LogP contribution in [0, 0.1) is 0 Å². The molecule has 0 radical (unpaired) electrons.